The summed E-state index contributed by atoms with van der Waals surface area (Å²) in [7, 11) is 0. The lowest BCUT2D eigenvalue weighted by Crippen LogP contribution is -2.60. The summed E-state index contributed by atoms with van der Waals surface area (Å²) < 4.78 is 35.9. The molecule has 1 unspecified atom stereocenters. The number of nitrogens with two attached hydrogens (primary N) is 1. The Labute approximate surface area is 132 Å². The summed E-state index contributed by atoms with van der Waals surface area (Å²) in [6, 6.07) is 3.08. The van der Waals surface area contributed by atoms with Gasteiger partial charge in [0.05, 0.1) is 13.2 Å². The fourth-order valence-corrected chi connectivity index (χ4v) is 1.54. The molecule has 23 heavy (non-hydrogen) atoms. The van der Waals surface area contributed by atoms with Crippen LogP contribution in [0.25, 0.3) is 0 Å². The summed E-state index contributed by atoms with van der Waals surface area (Å²) in [4.78, 5) is 23.2. The topological polar surface area (TPSA) is 98.9 Å². The molecule has 1 atom stereocenters. The fourth-order valence-electron chi connectivity index (χ4n) is 1.54. The van der Waals surface area contributed by atoms with Crippen LogP contribution in [0.3, 0.4) is 0 Å². The lowest BCUT2D eigenvalue weighted by atomic mass is 10.0. The van der Waals surface area contributed by atoms with Crippen molar-refractivity contribution in [2.24, 2.45) is 5.73 Å². The highest BCUT2D eigenvalue weighted by Crippen LogP contribution is 2.15. The number of benzene rings is 1. The Kier molecular flexibility index (Phi) is 5.79. The Balaban J connectivity index is 2.74. The minimum atomic E-state index is -2.40. The highest BCUT2D eigenvalue weighted by Gasteiger charge is 2.46. The van der Waals surface area contributed by atoms with Gasteiger partial charge in [-0.1, -0.05) is 6.07 Å². The number of rotatable bonds is 6. The monoisotopic (exact) mass is 331 g/mol. The maximum Gasteiger partial charge on any atom is 0.340 e. The molecule has 1 aromatic carbocycles. The van der Waals surface area contributed by atoms with E-state index in [1.54, 1.807) is 20.8 Å². The van der Waals surface area contributed by atoms with Crippen LogP contribution in [0.2, 0.25) is 0 Å². The van der Waals surface area contributed by atoms with E-state index < -0.39 is 41.3 Å². The van der Waals surface area contributed by atoms with Crippen LogP contribution in [0.15, 0.2) is 18.2 Å². The van der Waals surface area contributed by atoms with E-state index in [4.69, 9.17) is 20.3 Å². The molecule has 0 amide bonds. The number of halogens is 2. The number of aliphatic carboxylic acids is 1. The molecule has 0 aliphatic carbocycles. The Hall–Kier alpha value is -2.06. The van der Waals surface area contributed by atoms with E-state index in [2.05, 4.69) is 0 Å². The smallest absolute Gasteiger partial charge is 0.340 e. The Morgan fingerprint density at radius 3 is 2.30 bits per heavy atom. The van der Waals surface area contributed by atoms with Crippen LogP contribution in [0, 0.1) is 11.6 Å². The van der Waals surface area contributed by atoms with Crippen molar-refractivity contribution in [1.29, 1.82) is 0 Å². The van der Waals surface area contributed by atoms with E-state index in [0.717, 1.165) is 12.1 Å². The number of esters is 1. The van der Waals surface area contributed by atoms with Crippen molar-refractivity contribution in [2.75, 3.05) is 6.61 Å². The summed E-state index contributed by atoms with van der Waals surface area (Å²) in [5.74, 6) is -4.84. The highest BCUT2D eigenvalue weighted by molar-refractivity contribution is 6.04. The molecule has 0 radical (unpaired) electrons. The molecule has 1 rings (SSSR count). The molecule has 3 N–H and O–H groups in total. The molecule has 0 aliphatic heterocycles. The largest absolute Gasteiger partial charge is 0.479 e. The van der Waals surface area contributed by atoms with E-state index in [1.807, 2.05) is 0 Å². The molecular formula is C15H19F2NO5. The summed E-state index contributed by atoms with van der Waals surface area (Å²) in [6.07, 6.45) is 0. The summed E-state index contributed by atoms with van der Waals surface area (Å²) in [6.45, 7) is 3.77. The summed E-state index contributed by atoms with van der Waals surface area (Å²) in [5.41, 5.74) is 2.52. The molecule has 0 saturated heterocycles. The number of carboxylic acids is 1. The minimum Gasteiger partial charge on any atom is -0.479 e. The van der Waals surface area contributed by atoms with Gasteiger partial charge >= 0.3 is 11.9 Å². The van der Waals surface area contributed by atoms with Crippen molar-refractivity contribution in [3.05, 3.63) is 35.4 Å². The predicted molar refractivity (Wildman–Crippen MR) is 76.4 cm³/mol. The SMILES string of the molecule is CC(C)(C)OC(=O)C(N)(COCc1ccc(F)c(F)c1)C(=O)O. The molecule has 0 aliphatic rings. The molecule has 0 bridgehead atoms. The van der Waals surface area contributed by atoms with Crippen molar-refractivity contribution in [3.8, 4) is 0 Å². The van der Waals surface area contributed by atoms with Gasteiger partial charge in [-0.15, -0.1) is 0 Å². The Morgan fingerprint density at radius 2 is 1.83 bits per heavy atom. The third kappa shape index (κ3) is 5.26. The van der Waals surface area contributed by atoms with Gasteiger partial charge in [-0.3, -0.25) is 0 Å². The standard InChI is InChI=1S/C15H19F2NO5/c1-14(2,3)23-13(21)15(18,12(19)20)8-22-7-9-4-5-10(16)11(17)6-9/h4-6H,7-8,18H2,1-3H3,(H,19,20). The number of hydrogen-bond acceptors (Lipinski definition) is 5. The highest BCUT2D eigenvalue weighted by atomic mass is 19.2. The van der Waals surface area contributed by atoms with Crippen LogP contribution < -0.4 is 5.73 Å². The van der Waals surface area contributed by atoms with Crippen LogP contribution in [-0.4, -0.2) is 34.8 Å². The van der Waals surface area contributed by atoms with Gasteiger partial charge < -0.3 is 20.3 Å². The zero-order chi connectivity index (χ0) is 17.8. The lowest BCUT2D eigenvalue weighted by molar-refractivity contribution is -0.172. The van der Waals surface area contributed by atoms with E-state index in [1.165, 1.54) is 6.07 Å². The normalized spacial score (nSPS) is 14.2. The first kappa shape index (κ1) is 19.0. The van der Waals surface area contributed by atoms with Crippen molar-refractivity contribution >= 4 is 11.9 Å². The van der Waals surface area contributed by atoms with E-state index in [0.29, 0.717) is 0 Å². The molecule has 0 aromatic heterocycles. The summed E-state index contributed by atoms with van der Waals surface area (Å²) >= 11 is 0. The number of carbonyl (C=O) groups is 2. The van der Waals surface area contributed by atoms with E-state index in [-0.39, 0.29) is 12.2 Å². The van der Waals surface area contributed by atoms with Crippen LogP contribution in [-0.2, 0) is 25.7 Å². The number of carboxylic acid groups (broad SMARTS) is 1. The molecule has 8 heteroatoms. The molecule has 1 aromatic rings. The van der Waals surface area contributed by atoms with Gasteiger partial charge in [0.2, 0.25) is 5.54 Å². The van der Waals surface area contributed by atoms with E-state index in [9.17, 15) is 18.4 Å². The first-order valence-corrected chi connectivity index (χ1v) is 6.73. The number of carbonyl (C=O) groups excluding carboxylic acids is 1. The van der Waals surface area contributed by atoms with Crippen LogP contribution in [0.1, 0.15) is 26.3 Å². The fraction of sp³-hybridized carbons (Fsp3) is 0.467. The van der Waals surface area contributed by atoms with Gasteiger partial charge in [0, 0.05) is 0 Å². The second-order valence-corrected chi connectivity index (χ2v) is 6.02. The first-order valence-electron chi connectivity index (χ1n) is 6.73. The molecule has 6 nitrogen and oxygen atoms in total. The quantitative estimate of drug-likeness (QED) is 0.607. The number of hydrogen-bond donors (Lipinski definition) is 2. The zero-order valence-electron chi connectivity index (χ0n) is 13.1. The number of ether oxygens (including phenoxy) is 2. The second kappa shape index (κ2) is 7.01. The molecule has 0 heterocycles. The molecule has 128 valence electrons. The van der Waals surface area contributed by atoms with Crippen molar-refractivity contribution in [1.82, 2.24) is 0 Å². The van der Waals surface area contributed by atoms with Crippen molar-refractivity contribution in [3.63, 3.8) is 0 Å². The minimum absolute atomic E-state index is 0.244. The van der Waals surface area contributed by atoms with Crippen LogP contribution in [0.4, 0.5) is 8.78 Å². The maximum atomic E-state index is 13.1. The maximum absolute atomic E-state index is 13.1. The molecule has 0 fully saturated rings. The first-order chi connectivity index (χ1) is 10.5. The van der Waals surface area contributed by atoms with E-state index >= 15 is 0 Å². The van der Waals surface area contributed by atoms with Gasteiger partial charge in [-0.2, -0.15) is 0 Å². The zero-order valence-corrected chi connectivity index (χ0v) is 13.1. The van der Waals surface area contributed by atoms with Crippen LogP contribution in [0.5, 0.6) is 0 Å². The van der Waals surface area contributed by atoms with Gasteiger partial charge in [0.1, 0.15) is 5.60 Å². The van der Waals surface area contributed by atoms with Crippen molar-refractivity contribution in [2.45, 2.75) is 38.5 Å². The van der Waals surface area contributed by atoms with Gasteiger partial charge in [0.25, 0.3) is 0 Å². The summed E-state index contributed by atoms with van der Waals surface area (Å²) in [5, 5.41) is 9.16. The lowest BCUT2D eigenvalue weighted by Gasteiger charge is -2.27. The Bertz CT molecular complexity index is 600. The second-order valence-electron chi connectivity index (χ2n) is 6.02. The average Bonchev–Trinajstić information content (AvgIpc) is 2.40. The average molecular weight is 331 g/mol. The van der Waals surface area contributed by atoms with Crippen LogP contribution >= 0.6 is 0 Å². The third-order valence-electron chi connectivity index (χ3n) is 2.73. The Morgan fingerprint density at radius 1 is 1.22 bits per heavy atom. The third-order valence-corrected chi connectivity index (χ3v) is 2.73. The molecule has 0 saturated carbocycles. The van der Waals surface area contributed by atoms with Crippen molar-refractivity contribution < 1.29 is 33.0 Å². The predicted octanol–water partition coefficient (Wildman–Crippen LogP) is 1.61. The molecular weight excluding hydrogens is 312 g/mol. The molecule has 0 spiro atoms. The van der Waals surface area contributed by atoms with Gasteiger partial charge in [0.15, 0.2) is 11.6 Å². The van der Waals surface area contributed by atoms with Gasteiger partial charge in [-0.25, -0.2) is 18.4 Å². The van der Waals surface area contributed by atoms with Gasteiger partial charge in [-0.05, 0) is 38.5 Å².